The minimum absolute atomic E-state index is 0.0629. The van der Waals surface area contributed by atoms with E-state index in [4.69, 9.17) is 5.26 Å². The van der Waals surface area contributed by atoms with Gasteiger partial charge >= 0.3 is 6.03 Å². The number of amides is 2. The molecule has 2 bridgehead atoms. The van der Waals surface area contributed by atoms with Gasteiger partial charge in [0.25, 0.3) is 0 Å². The number of carbonyl (C=O) groups excluding carboxylic acids is 1. The molecule has 3 rings (SSSR count). The smallest absolute Gasteiger partial charge is 0.319 e. The van der Waals surface area contributed by atoms with Crippen molar-refractivity contribution in [3.63, 3.8) is 0 Å². The lowest BCUT2D eigenvalue weighted by Crippen LogP contribution is -2.46. The van der Waals surface area contributed by atoms with Crippen LogP contribution in [0.2, 0.25) is 0 Å². The molecule has 2 aliphatic rings. The predicted molar refractivity (Wildman–Crippen MR) is 78.5 cm³/mol. The summed E-state index contributed by atoms with van der Waals surface area (Å²) in [4.78, 5) is 12.1. The minimum atomic E-state index is -0.263. The van der Waals surface area contributed by atoms with E-state index in [-0.39, 0.29) is 24.6 Å². The van der Waals surface area contributed by atoms with Crippen molar-refractivity contribution in [2.75, 3.05) is 11.9 Å². The zero-order chi connectivity index (χ0) is 14.8. The van der Waals surface area contributed by atoms with Crippen molar-refractivity contribution in [3.8, 4) is 6.07 Å². The maximum atomic E-state index is 12.1. The van der Waals surface area contributed by atoms with Crippen LogP contribution in [0, 0.1) is 29.1 Å². The maximum absolute atomic E-state index is 12.1. The van der Waals surface area contributed by atoms with Crippen LogP contribution < -0.4 is 10.6 Å². The summed E-state index contributed by atoms with van der Waals surface area (Å²) < 4.78 is 0. The molecule has 1 aromatic carbocycles. The number of fused-ring (bicyclic) bond motifs is 2. The summed E-state index contributed by atoms with van der Waals surface area (Å²) in [6, 6.07) is 8.68. The summed E-state index contributed by atoms with van der Waals surface area (Å²) in [6.45, 7) is 0.135. The number of hydrogen-bond acceptors (Lipinski definition) is 3. The number of nitrogens with one attached hydrogen (secondary N) is 2. The van der Waals surface area contributed by atoms with Crippen LogP contribution >= 0.6 is 0 Å². The molecule has 5 heteroatoms. The van der Waals surface area contributed by atoms with Crippen LogP contribution in [0.1, 0.15) is 24.8 Å². The van der Waals surface area contributed by atoms with Crippen LogP contribution in [0.25, 0.3) is 0 Å². The Hall–Kier alpha value is -2.06. The van der Waals surface area contributed by atoms with Gasteiger partial charge in [0.15, 0.2) is 0 Å². The second-order valence-electron chi connectivity index (χ2n) is 6.00. The Morgan fingerprint density at radius 1 is 1.38 bits per heavy atom. The third kappa shape index (κ3) is 2.72. The standard InChI is InChI=1S/C16H19N3O2/c17-8-10-2-1-3-13(6-10)18-16(21)19-15-12-5-4-11(7-12)14(15)9-20/h1-3,6,11-12,14-15,20H,4-5,7,9H2,(H2,18,19,21)/t11-,12-,14+,15+/m0/s1. The van der Waals surface area contributed by atoms with Gasteiger partial charge in [0.05, 0.1) is 11.6 Å². The lowest BCUT2D eigenvalue weighted by atomic mass is 9.85. The summed E-state index contributed by atoms with van der Waals surface area (Å²) in [5.74, 6) is 1.22. The molecule has 0 unspecified atom stereocenters. The van der Waals surface area contributed by atoms with Crippen LogP contribution in [-0.2, 0) is 0 Å². The topological polar surface area (TPSA) is 85.2 Å². The highest BCUT2D eigenvalue weighted by Crippen LogP contribution is 2.48. The van der Waals surface area contributed by atoms with Crippen LogP contribution in [0.5, 0.6) is 0 Å². The first kappa shape index (κ1) is 13.9. The number of aliphatic hydroxyl groups excluding tert-OH is 1. The lowest BCUT2D eigenvalue weighted by Gasteiger charge is -2.30. The Bertz CT molecular complexity index is 581. The SMILES string of the molecule is N#Cc1cccc(NC(=O)N[C@@H]2[C@H]3CC[C@@H](C3)[C@H]2CO)c1. The van der Waals surface area contributed by atoms with Crippen molar-refractivity contribution in [1.82, 2.24) is 5.32 Å². The van der Waals surface area contributed by atoms with Gasteiger partial charge in [-0.1, -0.05) is 6.07 Å². The number of benzene rings is 1. The van der Waals surface area contributed by atoms with Crippen LogP contribution in [0.15, 0.2) is 24.3 Å². The normalized spacial score (nSPS) is 29.9. The Labute approximate surface area is 124 Å². The largest absolute Gasteiger partial charge is 0.396 e. The Balaban J connectivity index is 1.63. The summed E-state index contributed by atoms with van der Waals surface area (Å²) in [7, 11) is 0. The van der Waals surface area contributed by atoms with Gasteiger partial charge in [-0.05, 0) is 49.3 Å². The fraction of sp³-hybridized carbons (Fsp3) is 0.500. The molecule has 2 amide bonds. The molecule has 0 radical (unpaired) electrons. The Kier molecular flexibility index (Phi) is 3.80. The van der Waals surface area contributed by atoms with Crippen molar-refractivity contribution < 1.29 is 9.90 Å². The van der Waals surface area contributed by atoms with Crippen LogP contribution in [0.4, 0.5) is 10.5 Å². The number of carbonyl (C=O) groups is 1. The van der Waals surface area contributed by atoms with E-state index in [0.717, 1.165) is 12.8 Å². The number of aliphatic hydroxyl groups is 1. The summed E-state index contributed by atoms with van der Waals surface area (Å²) in [5, 5.41) is 24.1. The number of hydrogen-bond donors (Lipinski definition) is 3. The van der Waals surface area contributed by atoms with Gasteiger partial charge in [-0.2, -0.15) is 5.26 Å². The zero-order valence-corrected chi connectivity index (χ0v) is 11.7. The molecular weight excluding hydrogens is 266 g/mol. The molecule has 4 atom stereocenters. The van der Waals surface area contributed by atoms with Gasteiger partial charge in [0.1, 0.15) is 0 Å². The van der Waals surface area contributed by atoms with Crippen molar-refractivity contribution in [2.45, 2.75) is 25.3 Å². The molecule has 21 heavy (non-hydrogen) atoms. The first-order valence-corrected chi connectivity index (χ1v) is 7.40. The first-order valence-electron chi connectivity index (χ1n) is 7.40. The highest BCUT2D eigenvalue weighted by Gasteiger charge is 2.47. The lowest BCUT2D eigenvalue weighted by molar-refractivity contribution is 0.146. The Morgan fingerprint density at radius 2 is 2.19 bits per heavy atom. The fourth-order valence-corrected chi connectivity index (χ4v) is 3.88. The Morgan fingerprint density at radius 3 is 2.95 bits per heavy atom. The number of urea groups is 1. The third-order valence-electron chi connectivity index (χ3n) is 4.85. The van der Waals surface area contributed by atoms with Crippen LogP contribution in [0.3, 0.4) is 0 Å². The average molecular weight is 285 g/mol. The molecular formula is C16H19N3O2. The minimum Gasteiger partial charge on any atom is -0.396 e. The van der Waals surface area contributed by atoms with E-state index < -0.39 is 0 Å². The number of rotatable bonds is 3. The number of nitrogens with zero attached hydrogens (tertiary/aromatic N) is 1. The second-order valence-corrected chi connectivity index (χ2v) is 6.00. The van der Waals surface area contributed by atoms with E-state index >= 15 is 0 Å². The highest BCUT2D eigenvalue weighted by molar-refractivity contribution is 5.89. The average Bonchev–Trinajstić information content (AvgIpc) is 3.08. The zero-order valence-electron chi connectivity index (χ0n) is 11.7. The quantitative estimate of drug-likeness (QED) is 0.795. The highest BCUT2D eigenvalue weighted by atomic mass is 16.3. The molecule has 0 spiro atoms. The van der Waals surface area contributed by atoms with E-state index in [2.05, 4.69) is 10.6 Å². The predicted octanol–water partition coefficient (Wildman–Crippen LogP) is 2.09. The van der Waals surface area contributed by atoms with Crippen molar-refractivity contribution in [1.29, 1.82) is 5.26 Å². The summed E-state index contributed by atoms with van der Waals surface area (Å²) >= 11 is 0. The molecule has 0 heterocycles. The van der Waals surface area contributed by atoms with Gasteiger partial charge in [-0.15, -0.1) is 0 Å². The van der Waals surface area contributed by atoms with E-state index in [1.54, 1.807) is 24.3 Å². The molecule has 0 aliphatic heterocycles. The molecule has 1 aromatic rings. The van der Waals surface area contributed by atoms with Crippen LogP contribution in [-0.4, -0.2) is 23.8 Å². The third-order valence-corrected chi connectivity index (χ3v) is 4.85. The summed E-state index contributed by atoms with van der Waals surface area (Å²) in [5.41, 5.74) is 1.12. The van der Waals surface area contributed by atoms with E-state index in [9.17, 15) is 9.90 Å². The van der Waals surface area contributed by atoms with Gasteiger partial charge in [-0.3, -0.25) is 0 Å². The van der Waals surface area contributed by atoms with Gasteiger partial charge < -0.3 is 15.7 Å². The molecule has 0 saturated heterocycles. The van der Waals surface area contributed by atoms with Gasteiger partial charge in [-0.25, -0.2) is 4.79 Å². The maximum Gasteiger partial charge on any atom is 0.319 e. The molecule has 2 aliphatic carbocycles. The van der Waals surface area contributed by atoms with Crippen molar-refractivity contribution in [2.24, 2.45) is 17.8 Å². The number of anilines is 1. The molecule has 2 fully saturated rings. The number of nitriles is 1. The summed E-state index contributed by atoms with van der Waals surface area (Å²) in [6.07, 6.45) is 3.41. The molecule has 110 valence electrons. The van der Waals surface area contributed by atoms with Crippen molar-refractivity contribution >= 4 is 11.7 Å². The molecule has 5 nitrogen and oxygen atoms in total. The van der Waals surface area contributed by atoms with E-state index in [1.165, 1.54) is 6.42 Å². The molecule has 3 N–H and O–H groups in total. The second kappa shape index (κ2) is 5.74. The molecule has 0 aromatic heterocycles. The fourth-order valence-electron chi connectivity index (χ4n) is 3.88. The van der Waals surface area contributed by atoms with Gasteiger partial charge in [0, 0.05) is 24.3 Å². The van der Waals surface area contributed by atoms with Gasteiger partial charge in [0.2, 0.25) is 0 Å². The first-order chi connectivity index (χ1) is 10.2. The monoisotopic (exact) mass is 285 g/mol. The van der Waals surface area contributed by atoms with E-state index in [0.29, 0.717) is 23.1 Å². The van der Waals surface area contributed by atoms with E-state index in [1.807, 2.05) is 6.07 Å². The molecule has 2 saturated carbocycles. The van der Waals surface area contributed by atoms with Crippen molar-refractivity contribution in [3.05, 3.63) is 29.8 Å².